The second-order valence-electron chi connectivity index (χ2n) is 7.73. The molecule has 0 aliphatic carbocycles. The van der Waals surface area contributed by atoms with Crippen LogP contribution in [0.2, 0.25) is 0 Å². The Bertz CT molecular complexity index is 1150. The molecule has 0 unspecified atom stereocenters. The Kier molecular flexibility index (Phi) is 6.29. The van der Waals surface area contributed by atoms with Gasteiger partial charge >= 0.3 is 0 Å². The molecule has 31 heavy (non-hydrogen) atoms. The van der Waals surface area contributed by atoms with Crippen molar-refractivity contribution < 1.29 is 9.53 Å². The second kappa shape index (κ2) is 9.45. The summed E-state index contributed by atoms with van der Waals surface area (Å²) in [6.45, 7) is 1.70. The molecular formula is C25H26N4O2. The van der Waals surface area contributed by atoms with Gasteiger partial charge in [-0.2, -0.15) is 5.10 Å². The molecule has 1 aromatic heterocycles. The van der Waals surface area contributed by atoms with E-state index in [-0.39, 0.29) is 5.91 Å². The summed E-state index contributed by atoms with van der Waals surface area (Å²) in [5, 5.41) is 8.52. The molecule has 0 spiro atoms. The van der Waals surface area contributed by atoms with Crippen LogP contribution in [-0.4, -0.2) is 41.2 Å². The van der Waals surface area contributed by atoms with E-state index >= 15 is 0 Å². The topological polar surface area (TPSA) is 59.4 Å². The number of benzene rings is 3. The fraction of sp³-hybridized carbons (Fsp3) is 0.200. The minimum absolute atomic E-state index is 0.0598. The molecule has 0 aliphatic rings. The number of aromatic nitrogens is 2. The molecular weight excluding hydrogens is 388 g/mol. The third kappa shape index (κ3) is 5.49. The largest absolute Gasteiger partial charge is 0.457 e. The first-order valence-electron chi connectivity index (χ1n) is 10.3. The summed E-state index contributed by atoms with van der Waals surface area (Å²) in [6, 6.07) is 23.1. The molecule has 0 aliphatic heterocycles. The molecule has 4 rings (SSSR count). The zero-order valence-corrected chi connectivity index (χ0v) is 17.8. The van der Waals surface area contributed by atoms with E-state index in [1.807, 2.05) is 97.8 Å². The standard InChI is InChI=1S/C25H26N4O2/c1-28(2)14-15-29-24-17-21(11-10-20(24)18-26-29)27-25(30)16-19-8-12-23(13-9-19)31-22-6-4-3-5-7-22/h3-13,17-18H,14-16H2,1-2H3,(H,27,30). The van der Waals surface area contributed by atoms with E-state index < -0.39 is 0 Å². The normalized spacial score (nSPS) is 11.1. The maximum Gasteiger partial charge on any atom is 0.228 e. The maximum absolute atomic E-state index is 12.6. The van der Waals surface area contributed by atoms with Crippen molar-refractivity contribution in [2.45, 2.75) is 13.0 Å². The molecule has 1 N–H and O–H groups in total. The lowest BCUT2D eigenvalue weighted by atomic mass is 10.1. The Morgan fingerprint density at radius 2 is 1.74 bits per heavy atom. The maximum atomic E-state index is 12.6. The summed E-state index contributed by atoms with van der Waals surface area (Å²) in [4.78, 5) is 14.7. The molecule has 3 aromatic carbocycles. The molecule has 0 saturated carbocycles. The molecule has 158 valence electrons. The number of amides is 1. The summed E-state index contributed by atoms with van der Waals surface area (Å²) in [5.74, 6) is 1.47. The van der Waals surface area contributed by atoms with Gasteiger partial charge in [-0.25, -0.2) is 0 Å². The number of hydrogen-bond acceptors (Lipinski definition) is 4. The number of likely N-dealkylation sites (N-methyl/N-ethyl adjacent to an activating group) is 1. The highest BCUT2D eigenvalue weighted by atomic mass is 16.5. The van der Waals surface area contributed by atoms with Crippen molar-refractivity contribution in [1.82, 2.24) is 14.7 Å². The van der Waals surface area contributed by atoms with E-state index in [9.17, 15) is 4.79 Å². The van der Waals surface area contributed by atoms with Crippen molar-refractivity contribution in [3.05, 3.63) is 84.6 Å². The summed E-state index contributed by atoms with van der Waals surface area (Å²) in [5.41, 5.74) is 2.71. The summed E-state index contributed by atoms with van der Waals surface area (Å²) in [6.07, 6.45) is 2.15. The van der Waals surface area contributed by atoms with Crippen LogP contribution in [0, 0.1) is 0 Å². The van der Waals surface area contributed by atoms with Crippen molar-refractivity contribution in [1.29, 1.82) is 0 Å². The van der Waals surface area contributed by atoms with Gasteiger partial charge in [0, 0.05) is 17.6 Å². The van der Waals surface area contributed by atoms with Gasteiger partial charge in [-0.3, -0.25) is 9.48 Å². The third-order valence-electron chi connectivity index (χ3n) is 4.95. The lowest BCUT2D eigenvalue weighted by Gasteiger charge is -2.11. The Labute approximate surface area is 182 Å². The Morgan fingerprint density at radius 3 is 2.48 bits per heavy atom. The average Bonchev–Trinajstić information content (AvgIpc) is 3.16. The number of carbonyl (C=O) groups is 1. The summed E-state index contributed by atoms with van der Waals surface area (Å²) >= 11 is 0. The molecule has 4 aromatic rings. The third-order valence-corrected chi connectivity index (χ3v) is 4.95. The number of hydrogen-bond donors (Lipinski definition) is 1. The highest BCUT2D eigenvalue weighted by molar-refractivity contribution is 5.94. The van der Waals surface area contributed by atoms with Gasteiger partial charge < -0.3 is 15.0 Å². The lowest BCUT2D eigenvalue weighted by Crippen LogP contribution is -2.19. The second-order valence-corrected chi connectivity index (χ2v) is 7.73. The van der Waals surface area contributed by atoms with Gasteiger partial charge in [0.2, 0.25) is 5.91 Å². The Morgan fingerprint density at radius 1 is 1.00 bits per heavy atom. The molecule has 6 heteroatoms. The van der Waals surface area contributed by atoms with Crippen LogP contribution in [0.4, 0.5) is 5.69 Å². The van der Waals surface area contributed by atoms with E-state index in [0.717, 1.165) is 46.7 Å². The molecule has 6 nitrogen and oxygen atoms in total. The SMILES string of the molecule is CN(C)CCn1ncc2ccc(NC(=O)Cc3ccc(Oc4ccccc4)cc3)cc21. The molecule has 0 radical (unpaired) electrons. The molecule has 0 bridgehead atoms. The van der Waals surface area contributed by atoms with E-state index in [0.29, 0.717) is 6.42 Å². The molecule has 0 fully saturated rings. The van der Waals surface area contributed by atoms with Crippen LogP contribution in [0.25, 0.3) is 10.9 Å². The number of ether oxygens (including phenoxy) is 1. The molecule has 0 atom stereocenters. The van der Waals surface area contributed by atoms with Crippen molar-refractivity contribution in [3.63, 3.8) is 0 Å². The van der Waals surface area contributed by atoms with E-state index in [1.165, 1.54) is 0 Å². The van der Waals surface area contributed by atoms with Crippen LogP contribution in [0.15, 0.2) is 79.0 Å². The highest BCUT2D eigenvalue weighted by Crippen LogP contribution is 2.22. The van der Waals surface area contributed by atoms with Crippen LogP contribution >= 0.6 is 0 Å². The first-order valence-corrected chi connectivity index (χ1v) is 10.3. The minimum atomic E-state index is -0.0598. The average molecular weight is 415 g/mol. The number of anilines is 1. The van der Waals surface area contributed by atoms with Gasteiger partial charge in [-0.15, -0.1) is 0 Å². The first-order chi connectivity index (χ1) is 15.1. The zero-order valence-electron chi connectivity index (χ0n) is 17.8. The zero-order chi connectivity index (χ0) is 21.6. The van der Waals surface area contributed by atoms with E-state index in [4.69, 9.17) is 4.74 Å². The lowest BCUT2D eigenvalue weighted by molar-refractivity contribution is -0.115. The van der Waals surface area contributed by atoms with Gasteiger partial charge in [-0.1, -0.05) is 30.3 Å². The first kappa shape index (κ1) is 20.6. The van der Waals surface area contributed by atoms with Crippen molar-refractivity contribution in [2.24, 2.45) is 0 Å². The predicted octanol–water partition coefficient (Wildman–Crippen LogP) is 4.57. The number of fused-ring (bicyclic) bond motifs is 1. The fourth-order valence-electron chi connectivity index (χ4n) is 3.31. The number of rotatable bonds is 8. The fourth-order valence-corrected chi connectivity index (χ4v) is 3.31. The number of nitrogens with zero attached hydrogens (tertiary/aromatic N) is 3. The van der Waals surface area contributed by atoms with Crippen LogP contribution in [0.3, 0.4) is 0 Å². The van der Waals surface area contributed by atoms with E-state index in [2.05, 4.69) is 15.3 Å². The van der Waals surface area contributed by atoms with Crippen LogP contribution in [0.1, 0.15) is 5.56 Å². The monoisotopic (exact) mass is 414 g/mol. The highest BCUT2D eigenvalue weighted by Gasteiger charge is 2.08. The quantitative estimate of drug-likeness (QED) is 0.459. The predicted molar refractivity (Wildman–Crippen MR) is 124 cm³/mol. The molecule has 1 amide bonds. The van der Waals surface area contributed by atoms with Crippen LogP contribution in [-0.2, 0) is 17.8 Å². The number of carbonyl (C=O) groups excluding carboxylic acids is 1. The molecule has 1 heterocycles. The van der Waals surface area contributed by atoms with E-state index in [1.54, 1.807) is 0 Å². The minimum Gasteiger partial charge on any atom is -0.457 e. The van der Waals surface area contributed by atoms with Crippen molar-refractivity contribution in [3.8, 4) is 11.5 Å². The number of para-hydroxylation sites is 1. The van der Waals surface area contributed by atoms with Gasteiger partial charge in [0.15, 0.2) is 0 Å². The van der Waals surface area contributed by atoms with Gasteiger partial charge in [-0.05, 0) is 62.1 Å². The van der Waals surface area contributed by atoms with Crippen molar-refractivity contribution in [2.75, 3.05) is 26.0 Å². The Hall–Kier alpha value is -3.64. The Balaban J connectivity index is 1.38. The van der Waals surface area contributed by atoms with Crippen molar-refractivity contribution >= 4 is 22.5 Å². The number of nitrogens with one attached hydrogen (secondary N) is 1. The molecule has 0 saturated heterocycles. The van der Waals surface area contributed by atoms with Crippen LogP contribution in [0.5, 0.6) is 11.5 Å². The van der Waals surface area contributed by atoms with Gasteiger partial charge in [0.1, 0.15) is 11.5 Å². The van der Waals surface area contributed by atoms with Gasteiger partial charge in [0.25, 0.3) is 0 Å². The summed E-state index contributed by atoms with van der Waals surface area (Å²) < 4.78 is 7.77. The summed E-state index contributed by atoms with van der Waals surface area (Å²) in [7, 11) is 4.08. The van der Waals surface area contributed by atoms with Gasteiger partial charge in [0.05, 0.1) is 24.7 Å². The van der Waals surface area contributed by atoms with Crippen LogP contribution < -0.4 is 10.1 Å². The smallest absolute Gasteiger partial charge is 0.228 e.